The molecule has 0 fully saturated rings. The molecule has 0 aliphatic rings. The van der Waals surface area contributed by atoms with E-state index in [-0.39, 0.29) is 19.8 Å². The number of ether oxygens (including phenoxy) is 2. The van der Waals surface area contributed by atoms with Crippen LogP contribution >= 0.6 is 0 Å². The van der Waals surface area contributed by atoms with Gasteiger partial charge in [-0.05, 0) is 20.8 Å². The van der Waals surface area contributed by atoms with Crippen LogP contribution in [0, 0.1) is 0 Å². The summed E-state index contributed by atoms with van der Waals surface area (Å²) in [6.07, 6.45) is -2.26. The number of hydrogen-bond acceptors (Lipinski definition) is 8. The molecule has 0 saturated heterocycles. The highest BCUT2D eigenvalue weighted by atomic mass is 17.2. The van der Waals surface area contributed by atoms with Gasteiger partial charge in [0.25, 0.3) is 5.60 Å². The van der Waals surface area contributed by atoms with E-state index in [1.54, 1.807) is 6.92 Å². The molecule has 0 amide bonds. The van der Waals surface area contributed by atoms with Gasteiger partial charge in [0.2, 0.25) is 0 Å². The first kappa shape index (κ1) is 18.4. The number of carbonyl (C=O) groups excluding carboxylic acids is 2. The van der Waals surface area contributed by atoms with E-state index in [0.717, 1.165) is 0 Å². The van der Waals surface area contributed by atoms with Crippen molar-refractivity contribution >= 4 is 11.9 Å². The average Bonchev–Trinajstić information content (AvgIpc) is 2.43. The monoisotopic (exact) mass is 292 g/mol. The van der Waals surface area contributed by atoms with Crippen molar-refractivity contribution < 1.29 is 39.1 Å². The SMILES string of the molecule is C=C(OOCC)[C@](O)(C(=O)OCC)C(O)C(=O)OCC. The first-order valence-corrected chi connectivity index (χ1v) is 6.09. The lowest BCUT2D eigenvalue weighted by Crippen LogP contribution is -2.56. The fraction of sp³-hybridized carbons (Fsp3) is 0.667. The van der Waals surface area contributed by atoms with Gasteiger partial charge in [-0.15, -0.1) is 0 Å². The van der Waals surface area contributed by atoms with Crippen LogP contribution in [0.5, 0.6) is 0 Å². The Bertz CT molecular complexity index is 353. The lowest BCUT2D eigenvalue weighted by atomic mass is 9.94. The first-order chi connectivity index (χ1) is 9.35. The molecule has 0 aliphatic carbocycles. The van der Waals surface area contributed by atoms with E-state index in [1.165, 1.54) is 13.8 Å². The van der Waals surface area contributed by atoms with E-state index in [2.05, 4.69) is 25.8 Å². The van der Waals surface area contributed by atoms with Crippen LogP contribution in [0.25, 0.3) is 0 Å². The van der Waals surface area contributed by atoms with Gasteiger partial charge in [-0.25, -0.2) is 9.59 Å². The average molecular weight is 292 g/mol. The Hall–Kier alpha value is -1.64. The second-order valence-corrected chi connectivity index (χ2v) is 3.55. The fourth-order valence-electron chi connectivity index (χ4n) is 1.20. The number of esters is 2. The molecule has 0 spiro atoms. The summed E-state index contributed by atoms with van der Waals surface area (Å²) < 4.78 is 9.14. The molecular weight excluding hydrogens is 272 g/mol. The molecule has 0 saturated carbocycles. The Labute approximate surface area is 116 Å². The lowest BCUT2D eigenvalue weighted by molar-refractivity contribution is -0.281. The maximum atomic E-state index is 11.8. The van der Waals surface area contributed by atoms with E-state index < -0.39 is 29.4 Å². The van der Waals surface area contributed by atoms with Crippen LogP contribution in [0.4, 0.5) is 0 Å². The summed E-state index contributed by atoms with van der Waals surface area (Å²) in [5, 5.41) is 20.1. The predicted molar refractivity (Wildman–Crippen MR) is 66.1 cm³/mol. The van der Waals surface area contributed by atoms with E-state index >= 15 is 0 Å². The second kappa shape index (κ2) is 8.51. The summed E-state index contributed by atoms with van der Waals surface area (Å²) in [6, 6.07) is 0. The van der Waals surface area contributed by atoms with Gasteiger partial charge in [0.15, 0.2) is 11.9 Å². The maximum Gasteiger partial charge on any atom is 0.349 e. The zero-order chi connectivity index (χ0) is 15.8. The van der Waals surface area contributed by atoms with E-state index in [1.807, 2.05) is 0 Å². The molecule has 0 rings (SSSR count). The summed E-state index contributed by atoms with van der Waals surface area (Å²) in [4.78, 5) is 32.4. The van der Waals surface area contributed by atoms with Crippen LogP contribution in [0.1, 0.15) is 20.8 Å². The van der Waals surface area contributed by atoms with Gasteiger partial charge < -0.3 is 24.6 Å². The Morgan fingerprint density at radius 1 is 1.15 bits per heavy atom. The lowest BCUT2D eigenvalue weighted by Gasteiger charge is -2.29. The quantitative estimate of drug-likeness (QED) is 0.257. The zero-order valence-corrected chi connectivity index (χ0v) is 11.7. The van der Waals surface area contributed by atoms with Crippen molar-refractivity contribution in [1.82, 2.24) is 0 Å². The van der Waals surface area contributed by atoms with Gasteiger partial charge in [0, 0.05) is 0 Å². The highest BCUT2D eigenvalue weighted by molar-refractivity contribution is 5.91. The molecule has 0 aromatic heterocycles. The van der Waals surface area contributed by atoms with Crippen molar-refractivity contribution in [3.05, 3.63) is 12.3 Å². The molecule has 8 heteroatoms. The van der Waals surface area contributed by atoms with Gasteiger partial charge >= 0.3 is 11.9 Å². The summed E-state index contributed by atoms with van der Waals surface area (Å²) >= 11 is 0. The number of aliphatic hydroxyl groups is 2. The molecule has 8 nitrogen and oxygen atoms in total. The molecule has 20 heavy (non-hydrogen) atoms. The molecule has 2 N–H and O–H groups in total. The largest absolute Gasteiger partial charge is 0.464 e. The number of hydrogen-bond donors (Lipinski definition) is 2. The summed E-state index contributed by atoms with van der Waals surface area (Å²) in [7, 11) is 0. The molecule has 0 radical (unpaired) electrons. The third-order valence-electron chi connectivity index (χ3n) is 2.19. The maximum absolute atomic E-state index is 11.8. The van der Waals surface area contributed by atoms with Crippen LogP contribution in [-0.2, 0) is 28.8 Å². The van der Waals surface area contributed by atoms with E-state index in [0.29, 0.717) is 0 Å². The van der Waals surface area contributed by atoms with Gasteiger partial charge in [-0.1, -0.05) is 6.58 Å². The molecule has 0 bridgehead atoms. The Kier molecular flexibility index (Phi) is 7.82. The molecule has 2 atom stereocenters. The van der Waals surface area contributed by atoms with E-state index in [9.17, 15) is 19.8 Å². The Morgan fingerprint density at radius 3 is 2.15 bits per heavy atom. The normalized spacial score (nSPS) is 14.8. The summed E-state index contributed by atoms with van der Waals surface area (Å²) in [6.45, 7) is 7.79. The van der Waals surface area contributed by atoms with Gasteiger partial charge in [0.1, 0.15) is 0 Å². The minimum Gasteiger partial charge on any atom is -0.464 e. The van der Waals surface area contributed by atoms with Crippen LogP contribution in [0.3, 0.4) is 0 Å². The third-order valence-corrected chi connectivity index (χ3v) is 2.19. The minimum atomic E-state index is -2.82. The van der Waals surface area contributed by atoms with Gasteiger partial charge in [-0.2, -0.15) is 4.89 Å². The highest BCUT2D eigenvalue weighted by Gasteiger charge is 2.54. The molecular formula is C12H20O8. The fourth-order valence-corrected chi connectivity index (χ4v) is 1.20. The Morgan fingerprint density at radius 2 is 1.70 bits per heavy atom. The van der Waals surface area contributed by atoms with Crippen LogP contribution in [0.2, 0.25) is 0 Å². The third kappa shape index (κ3) is 4.19. The van der Waals surface area contributed by atoms with Crippen molar-refractivity contribution in [3.8, 4) is 0 Å². The van der Waals surface area contributed by atoms with Crippen molar-refractivity contribution in [2.45, 2.75) is 32.5 Å². The van der Waals surface area contributed by atoms with E-state index in [4.69, 9.17) is 0 Å². The van der Waals surface area contributed by atoms with Crippen molar-refractivity contribution in [3.63, 3.8) is 0 Å². The first-order valence-electron chi connectivity index (χ1n) is 6.09. The predicted octanol–water partition coefficient (Wildman–Crippen LogP) is -0.314. The van der Waals surface area contributed by atoms with Crippen molar-refractivity contribution in [2.24, 2.45) is 0 Å². The van der Waals surface area contributed by atoms with Gasteiger partial charge in [-0.3, -0.25) is 0 Å². The van der Waals surface area contributed by atoms with Crippen molar-refractivity contribution in [1.29, 1.82) is 0 Å². The molecule has 0 heterocycles. The second-order valence-electron chi connectivity index (χ2n) is 3.55. The minimum absolute atomic E-state index is 0.0480. The van der Waals surface area contributed by atoms with Crippen molar-refractivity contribution in [2.75, 3.05) is 19.8 Å². The number of carbonyl (C=O) groups is 2. The molecule has 1 unspecified atom stereocenters. The van der Waals surface area contributed by atoms with Crippen LogP contribution < -0.4 is 0 Å². The van der Waals surface area contributed by atoms with Gasteiger partial charge in [0.05, 0.1) is 19.8 Å². The Balaban J connectivity index is 5.28. The summed E-state index contributed by atoms with van der Waals surface area (Å²) in [5.41, 5.74) is -2.82. The zero-order valence-electron chi connectivity index (χ0n) is 11.7. The van der Waals surface area contributed by atoms with Crippen LogP contribution in [0.15, 0.2) is 12.3 Å². The molecule has 0 aliphatic heterocycles. The molecule has 0 aromatic rings. The highest BCUT2D eigenvalue weighted by Crippen LogP contribution is 2.24. The number of aliphatic hydroxyl groups excluding tert-OH is 1. The molecule has 116 valence electrons. The number of rotatable bonds is 9. The smallest absolute Gasteiger partial charge is 0.349 e. The summed E-state index contributed by atoms with van der Waals surface area (Å²) in [5.74, 6) is -3.20. The standard InChI is InChI=1S/C12H20O8/c1-5-17-10(14)9(13)12(16,11(15)18-6-2)8(4)20-19-7-3/h9,13,16H,4-7H2,1-3H3/t9?,12-/m1/s1. The van der Waals surface area contributed by atoms with Crippen LogP contribution in [-0.4, -0.2) is 53.7 Å². The topological polar surface area (TPSA) is 112 Å². The molecule has 0 aromatic carbocycles.